The van der Waals surface area contributed by atoms with Crippen LogP contribution in [0.4, 0.5) is 0 Å². The molecule has 1 rings (SSSR count). The summed E-state index contributed by atoms with van der Waals surface area (Å²) < 4.78 is 0. The van der Waals surface area contributed by atoms with E-state index in [0.717, 1.165) is 19.1 Å². The molecule has 0 amide bonds. The first-order chi connectivity index (χ1) is 6.74. The highest BCUT2D eigenvalue weighted by Crippen LogP contribution is 2.14. The fourth-order valence-electron chi connectivity index (χ4n) is 1.94. The molecule has 1 N–H and O–H groups in total. The molecule has 1 aliphatic rings. The lowest BCUT2D eigenvalue weighted by Crippen LogP contribution is -2.36. The molecule has 0 spiro atoms. The second kappa shape index (κ2) is 6.20. The van der Waals surface area contributed by atoms with Crippen molar-refractivity contribution in [1.29, 1.82) is 0 Å². The highest BCUT2D eigenvalue weighted by molar-refractivity contribution is 5.04. The normalized spacial score (nSPS) is 20.6. The highest BCUT2D eigenvalue weighted by Gasteiger charge is 2.14. The Hall–Kier alpha value is -0.340. The minimum absolute atomic E-state index is 0.743. The molecule has 0 saturated carbocycles. The topological polar surface area (TPSA) is 15.3 Å². The first-order valence-electron chi connectivity index (χ1n) is 5.78. The Morgan fingerprint density at radius 3 is 2.93 bits per heavy atom. The van der Waals surface area contributed by atoms with Gasteiger partial charge in [-0.25, -0.2) is 0 Å². The van der Waals surface area contributed by atoms with E-state index in [-0.39, 0.29) is 0 Å². The van der Waals surface area contributed by atoms with Gasteiger partial charge in [-0.2, -0.15) is 0 Å². The maximum Gasteiger partial charge on any atom is 0.0168 e. The van der Waals surface area contributed by atoms with E-state index < -0.39 is 0 Å². The van der Waals surface area contributed by atoms with Crippen LogP contribution >= 0.6 is 0 Å². The van der Waals surface area contributed by atoms with Crippen molar-refractivity contribution in [2.75, 3.05) is 26.7 Å². The van der Waals surface area contributed by atoms with Crippen molar-refractivity contribution in [1.82, 2.24) is 10.2 Å². The Labute approximate surface area is 88.4 Å². The van der Waals surface area contributed by atoms with Crippen LogP contribution in [0, 0.1) is 0 Å². The molecule has 0 saturated heterocycles. The third-order valence-electron chi connectivity index (χ3n) is 3.14. The Balaban J connectivity index is 2.21. The van der Waals surface area contributed by atoms with Crippen molar-refractivity contribution in [3.63, 3.8) is 0 Å². The van der Waals surface area contributed by atoms with Crippen molar-refractivity contribution >= 4 is 0 Å². The standard InChI is InChI=1S/C12H24N2/c1-11-6-9-14(10-7-11)12(2)5-4-8-13-3/h6,12-13H,4-5,7-10H2,1-3H3. The molecule has 82 valence electrons. The van der Waals surface area contributed by atoms with Crippen molar-refractivity contribution < 1.29 is 0 Å². The molecule has 0 radical (unpaired) electrons. The Bertz CT molecular complexity index is 187. The largest absolute Gasteiger partial charge is 0.320 e. The summed E-state index contributed by atoms with van der Waals surface area (Å²) in [4.78, 5) is 2.59. The third kappa shape index (κ3) is 3.81. The molecule has 1 unspecified atom stereocenters. The summed E-state index contributed by atoms with van der Waals surface area (Å²) in [6.45, 7) is 8.15. The zero-order chi connectivity index (χ0) is 10.4. The Morgan fingerprint density at radius 2 is 2.36 bits per heavy atom. The van der Waals surface area contributed by atoms with Crippen LogP contribution in [0.3, 0.4) is 0 Å². The lowest BCUT2D eigenvalue weighted by Gasteiger charge is -2.31. The lowest BCUT2D eigenvalue weighted by molar-refractivity contribution is 0.212. The second-order valence-corrected chi connectivity index (χ2v) is 4.39. The van der Waals surface area contributed by atoms with Gasteiger partial charge in [0.2, 0.25) is 0 Å². The van der Waals surface area contributed by atoms with Crippen molar-refractivity contribution in [3.05, 3.63) is 11.6 Å². The van der Waals surface area contributed by atoms with E-state index in [1.807, 2.05) is 7.05 Å². The van der Waals surface area contributed by atoms with Gasteiger partial charge in [0.05, 0.1) is 0 Å². The fourth-order valence-corrected chi connectivity index (χ4v) is 1.94. The van der Waals surface area contributed by atoms with E-state index >= 15 is 0 Å². The van der Waals surface area contributed by atoms with Gasteiger partial charge in [0.15, 0.2) is 0 Å². The summed E-state index contributed by atoms with van der Waals surface area (Å²) >= 11 is 0. The van der Waals surface area contributed by atoms with Gasteiger partial charge in [0, 0.05) is 19.1 Å². The van der Waals surface area contributed by atoms with E-state index in [2.05, 4.69) is 30.1 Å². The molecular weight excluding hydrogens is 172 g/mol. The zero-order valence-electron chi connectivity index (χ0n) is 9.84. The van der Waals surface area contributed by atoms with Crippen LogP contribution in [-0.4, -0.2) is 37.6 Å². The average molecular weight is 196 g/mol. The molecular formula is C12H24N2. The van der Waals surface area contributed by atoms with Gasteiger partial charge in [-0.05, 0) is 46.7 Å². The smallest absolute Gasteiger partial charge is 0.0168 e. The molecule has 0 aliphatic carbocycles. The van der Waals surface area contributed by atoms with Crippen molar-refractivity contribution in [2.24, 2.45) is 0 Å². The molecule has 1 atom stereocenters. The molecule has 0 aromatic heterocycles. The molecule has 2 heteroatoms. The monoisotopic (exact) mass is 196 g/mol. The van der Waals surface area contributed by atoms with Crippen LogP contribution in [0.2, 0.25) is 0 Å². The SMILES string of the molecule is CNCCCC(C)N1CC=C(C)CC1. The third-order valence-corrected chi connectivity index (χ3v) is 3.14. The summed E-state index contributed by atoms with van der Waals surface area (Å²) in [6, 6.07) is 0.743. The van der Waals surface area contributed by atoms with Gasteiger partial charge >= 0.3 is 0 Å². The van der Waals surface area contributed by atoms with Gasteiger partial charge in [-0.15, -0.1) is 0 Å². The summed E-state index contributed by atoms with van der Waals surface area (Å²) in [5.74, 6) is 0. The van der Waals surface area contributed by atoms with Crippen LogP contribution in [0.15, 0.2) is 11.6 Å². The van der Waals surface area contributed by atoms with Crippen molar-refractivity contribution in [2.45, 2.75) is 39.2 Å². The van der Waals surface area contributed by atoms with Crippen LogP contribution in [-0.2, 0) is 0 Å². The molecule has 0 aromatic carbocycles. The quantitative estimate of drug-likeness (QED) is 0.534. The van der Waals surface area contributed by atoms with E-state index in [9.17, 15) is 0 Å². The molecule has 14 heavy (non-hydrogen) atoms. The maximum absolute atomic E-state index is 3.20. The Kier molecular flexibility index (Phi) is 5.20. The number of hydrogen-bond donors (Lipinski definition) is 1. The highest BCUT2D eigenvalue weighted by atomic mass is 15.1. The second-order valence-electron chi connectivity index (χ2n) is 4.39. The predicted octanol–water partition coefficient (Wildman–Crippen LogP) is 2.03. The van der Waals surface area contributed by atoms with Crippen LogP contribution in [0.5, 0.6) is 0 Å². The van der Waals surface area contributed by atoms with Crippen LogP contribution in [0.25, 0.3) is 0 Å². The molecule has 0 bridgehead atoms. The first-order valence-corrected chi connectivity index (χ1v) is 5.78. The molecule has 1 heterocycles. The number of rotatable bonds is 5. The summed E-state index contributed by atoms with van der Waals surface area (Å²) in [5, 5.41) is 3.20. The fraction of sp³-hybridized carbons (Fsp3) is 0.833. The van der Waals surface area contributed by atoms with Gasteiger partial charge < -0.3 is 5.32 Å². The van der Waals surface area contributed by atoms with Crippen LogP contribution < -0.4 is 5.32 Å². The van der Waals surface area contributed by atoms with E-state index in [4.69, 9.17) is 0 Å². The van der Waals surface area contributed by atoms with Gasteiger partial charge in [0.25, 0.3) is 0 Å². The lowest BCUT2D eigenvalue weighted by atomic mass is 10.1. The van der Waals surface area contributed by atoms with E-state index in [1.165, 1.54) is 25.8 Å². The van der Waals surface area contributed by atoms with Crippen molar-refractivity contribution in [3.8, 4) is 0 Å². The number of nitrogens with zero attached hydrogens (tertiary/aromatic N) is 1. The minimum Gasteiger partial charge on any atom is -0.320 e. The maximum atomic E-state index is 3.20. The summed E-state index contributed by atoms with van der Waals surface area (Å²) in [5.41, 5.74) is 1.56. The van der Waals surface area contributed by atoms with Gasteiger partial charge in [-0.1, -0.05) is 11.6 Å². The Morgan fingerprint density at radius 1 is 1.57 bits per heavy atom. The molecule has 2 nitrogen and oxygen atoms in total. The molecule has 1 aliphatic heterocycles. The number of nitrogens with one attached hydrogen (secondary N) is 1. The van der Waals surface area contributed by atoms with E-state index in [1.54, 1.807) is 5.57 Å². The average Bonchev–Trinajstić information content (AvgIpc) is 2.19. The zero-order valence-corrected chi connectivity index (χ0v) is 9.84. The van der Waals surface area contributed by atoms with Crippen LogP contribution in [0.1, 0.15) is 33.1 Å². The molecule has 0 fully saturated rings. The van der Waals surface area contributed by atoms with Gasteiger partial charge in [0.1, 0.15) is 0 Å². The number of hydrogen-bond acceptors (Lipinski definition) is 2. The summed E-state index contributed by atoms with van der Waals surface area (Å²) in [6.07, 6.45) is 6.24. The predicted molar refractivity (Wildman–Crippen MR) is 62.6 cm³/mol. The summed E-state index contributed by atoms with van der Waals surface area (Å²) in [7, 11) is 2.03. The molecule has 0 aromatic rings. The minimum atomic E-state index is 0.743. The van der Waals surface area contributed by atoms with E-state index in [0.29, 0.717) is 0 Å². The van der Waals surface area contributed by atoms with Gasteiger partial charge in [-0.3, -0.25) is 4.90 Å². The first kappa shape index (κ1) is 11.7.